The van der Waals surface area contributed by atoms with Gasteiger partial charge in [-0.05, 0) is 36.8 Å². The van der Waals surface area contributed by atoms with E-state index in [1.165, 1.54) is 30.7 Å². The molecule has 0 radical (unpaired) electrons. The first-order chi connectivity index (χ1) is 11.5. The van der Waals surface area contributed by atoms with Crippen molar-refractivity contribution in [2.75, 3.05) is 0 Å². The second kappa shape index (κ2) is 5.96. The van der Waals surface area contributed by atoms with E-state index in [9.17, 15) is 20.1 Å². The summed E-state index contributed by atoms with van der Waals surface area (Å²) in [6, 6.07) is 7.00. The van der Waals surface area contributed by atoms with Crippen LogP contribution in [-0.2, 0) is 0 Å². The van der Waals surface area contributed by atoms with Gasteiger partial charge in [0.15, 0.2) is 0 Å². The van der Waals surface area contributed by atoms with Gasteiger partial charge in [-0.2, -0.15) is 5.10 Å². The zero-order valence-electron chi connectivity index (χ0n) is 12.6. The van der Waals surface area contributed by atoms with Gasteiger partial charge in [-0.1, -0.05) is 0 Å². The fourth-order valence-corrected chi connectivity index (χ4v) is 2.31. The van der Waals surface area contributed by atoms with Crippen molar-refractivity contribution in [3.63, 3.8) is 0 Å². The molecule has 1 amide bonds. The van der Waals surface area contributed by atoms with E-state index in [0.29, 0.717) is 16.5 Å². The highest BCUT2D eigenvalue weighted by molar-refractivity contribution is 6.03. The molecule has 0 saturated carbocycles. The number of rotatable bonds is 3. The molecule has 0 saturated heterocycles. The molecule has 7 heteroatoms. The maximum absolute atomic E-state index is 12.2. The molecule has 0 bridgehead atoms. The van der Waals surface area contributed by atoms with Gasteiger partial charge < -0.3 is 19.7 Å². The number of hydrogen-bond acceptors (Lipinski definition) is 6. The van der Waals surface area contributed by atoms with Crippen LogP contribution < -0.4 is 5.43 Å². The molecule has 4 N–H and O–H groups in total. The van der Waals surface area contributed by atoms with E-state index >= 15 is 0 Å². The SMILES string of the molecule is Cc1coc2ccc(C(=O)N/N=C/c3ccc(O)cc3O)c(O)c12. The van der Waals surface area contributed by atoms with Crippen molar-refractivity contribution in [1.82, 2.24) is 5.43 Å². The lowest BCUT2D eigenvalue weighted by molar-refractivity contribution is 0.0952. The van der Waals surface area contributed by atoms with Crippen molar-refractivity contribution in [2.24, 2.45) is 5.10 Å². The van der Waals surface area contributed by atoms with Gasteiger partial charge in [0.1, 0.15) is 22.8 Å². The first-order valence-corrected chi connectivity index (χ1v) is 7.02. The summed E-state index contributed by atoms with van der Waals surface area (Å²) < 4.78 is 5.26. The lowest BCUT2D eigenvalue weighted by atomic mass is 10.1. The van der Waals surface area contributed by atoms with Gasteiger partial charge in [0, 0.05) is 11.6 Å². The summed E-state index contributed by atoms with van der Waals surface area (Å²) >= 11 is 0. The average molecular weight is 326 g/mol. The standard InChI is InChI=1S/C17H14N2O5/c1-9-8-24-14-5-4-12(16(22)15(9)14)17(23)19-18-7-10-2-3-11(20)6-13(10)21/h2-8,20-22H,1H3,(H,19,23)/b18-7+. The van der Waals surface area contributed by atoms with Crippen LogP contribution in [0.5, 0.6) is 17.2 Å². The number of phenolic OH excluding ortho intramolecular Hbond substituents is 3. The molecular formula is C17H14N2O5. The van der Waals surface area contributed by atoms with Crippen molar-refractivity contribution in [3.05, 3.63) is 53.3 Å². The van der Waals surface area contributed by atoms with Crippen molar-refractivity contribution in [1.29, 1.82) is 0 Å². The minimum atomic E-state index is -0.607. The third-order valence-electron chi connectivity index (χ3n) is 3.53. The second-order valence-electron chi connectivity index (χ2n) is 5.20. The number of amides is 1. The predicted molar refractivity (Wildman–Crippen MR) is 87.4 cm³/mol. The summed E-state index contributed by atoms with van der Waals surface area (Å²) in [6.07, 6.45) is 2.73. The highest BCUT2D eigenvalue weighted by atomic mass is 16.3. The number of aromatic hydroxyl groups is 3. The van der Waals surface area contributed by atoms with Crippen LogP contribution in [0.25, 0.3) is 11.0 Å². The second-order valence-corrected chi connectivity index (χ2v) is 5.20. The Morgan fingerprint density at radius 1 is 1.21 bits per heavy atom. The molecule has 24 heavy (non-hydrogen) atoms. The monoisotopic (exact) mass is 326 g/mol. The summed E-state index contributed by atoms with van der Waals surface area (Å²) in [6.45, 7) is 1.76. The maximum atomic E-state index is 12.2. The molecule has 0 aliphatic carbocycles. The Labute approximate surface area is 136 Å². The van der Waals surface area contributed by atoms with Crippen LogP contribution in [0.15, 0.2) is 46.1 Å². The van der Waals surface area contributed by atoms with Crippen LogP contribution in [0.3, 0.4) is 0 Å². The topological polar surface area (TPSA) is 115 Å². The largest absolute Gasteiger partial charge is 0.508 e. The Balaban J connectivity index is 1.81. The molecule has 122 valence electrons. The van der Waals surface area contributed by atoms with E-state index in [-0.39, 0.29) is 22.8 Å². The third kappa shape index (κ3) is 2.74. The average Bonchev–Trinajstić information content (AvgIpc) is 2.92. The Morgan fingerprint density at radius 3 is 2.75 bits per heavy atom. The lowest BCUT2D eigenvalue weighted by Crippen LogP contribution is -2.17. The maximum Gasteiger partial charge on any atom is 0.275 e. The number of phenols is 3. The molecule has 0 fully saturated rings. The fourth-order valence-electron chi connectivity index (χ4n) is 2.31. The van der Waals surface area contributed by atoms with Gasteiger partial charge in [0.2, 0.25) is 0 Å². The summed E-state index contributed by atoms with van der Waals surface area (Å²) in [7, 11) is 0. The number of fused-ring (bicyclic) bond motifs is 1. The Morgan fingerprint density at radius 2 is 2.00 bits per heavy atom. The van der Waals surface area contributed by atoms with E-state index in [1.807, 2.05) is 0 Å². The molecule has 2 aromatic carbocycles. The molecular weight excluding hydrogens is 312 g/mol. The summed E-state index contributed by atoms with van der Waals surface area (Å²) in [4.78, 5) is 12.2. The molecule has 1 aromatic heterocycles. The summed E-state index contributed by atoms with van der Waals surface area (Å²) in [5.41, 5.74) is 3.85. The Bertz CT molecular complexity index is 959. The number of carbonyl (C=O) groups excluding carboxylic acids is 1. The van der Waals surface area contributed by atoms with Crippen LogP contribution in [0, 0.1) is 6.92 Å². The lowest BCUT2D eigenvalue weighted by Gasteiger charge is -2.04. The van der Waals surface area contributed by atoms with Gasteiger partial charge in [0.05, 0.1) is 23.4 Å². The number of carbonyl (C=O) groups is 1. The zero-order valence-corrected chi connectivity index (χ0v) is 12.6. The van der Waals surface area contributed by atoms with Crippen LogP contribution in [0.4, 0.5) is 0 Å². The van der Waals surface area contributed by atoms with Crippen LogP contribution in [0.2, 0.25) is 0 Å². The number of nitrogens with zero attached hydrogens (tertiary/aromatic N) is 1. The molecule has 0 aliphatic heterocycles. The first kappa shape index (κ1) is 15.4. The van der Waals surface area contributed by atoms with Crippen molar-refractivity contribution < 1.29 is 24.5 Å². The van der Waals surface area contributed by atoms with Crippen molar-refractivity contribution in [3.8, 4) is 17.2 Å². The van der Waals surface area contributed by atoms with Crippen molar-refractivity contribution in [2.45, 2.75) is 6.92 Å². The highest BCUT2D eigenvalue weighted by Gasteiger charge is 2.16. The van der Waals surface area contributed by atoms with Gasteiger partial charge in [-0.25, -0.2) is 5.43 Å². The number of hydrogen-bond donors (Lipinski definition) is 4. The van der Waals surface area contributed by atoms with Gasteiger partial charge in [-0.3, -0.25) is 4.79 Å². The molecule has 0 atom stereocenters. The number of nitrogens with one attached hydrogen (secondary N) is 1. The first-order valence-electron chi connectivity index (χ1n) is 7.02. The van der Waals surface area contributed by atoms with Gasteiger partial charge in [-0.15, -0.1) is 0 Å². The normalized spacial score (nSPS) is 11.2. The zero-order chi connectivity index (χ0) is 17.3. The van der Waals surface area contributed by atoms with Crippen LogP contribution >= 0.6 is 0 Å². The molecule has 0 aliphatic rings. The highest BCUT2D eigenvalue weighted by Crippen LogP contribution is 2.32. The number of hydrazone groups is 1. The van der Waals surface area contributed by atoms with Crippen LogP contribution in [-0.4, -0.2) is 27.4 Å². The van der Waals surface area contributed by atoms with E-state index in [4.69, 9.17) is 4.42 Å². The minimum Gasteiger partial charge on any atom is -0.508 e. The number of furan rings is 1. The summed E-state index contributed by atoms with van der Waals surface area (Å²) in [5, 5.41) is 33.3. The Kier molecular flexibility index (Phi) is 3.83. The van der Waals surface area contributed by atoms with E-state index < -0.39 is 5.91 Å². The van der Waals surface area contributed by atoms with E-state index in [0.717, 1.165) is 11.6 Å². The van der Waals surface area contributed by atoms with E-state index in [2.05, 4.69) is 10.5 Å². The van der Waals surface area contributed by atoms with Gasteiger partial charge >= 0.3 is 0 Å². The minimum absolute atomic E-state index is 0.0547. The fraction of sp³-hybridized carbons (Fsp3) is 0.0588. The van der Waals surface area contributed by atoms with Gasteiger partial charge in [0.25, 0.3) is 5.91 Å². The molecule has 3 rings (SSSR count). The molecule has 7 nitrogen and oxygen atoms in total. The smallest absolute Gasteiger partial charge is 0.275 e. The number of benzene rings is 2. The van der Waals surface area contributed by atoms with Crippen molar-refractivity contribution >= 4 is 23.1 Å². The molecule has 0 spiro atoms. The van der Waals surface area contributed by atoms with E-state index in [1.54, 1.807) is 13.0 Å². The Hall–Kier alpha value is -3.48. The third-order valence-corrected chi connectivity index (χ3v) is 3.53. The molecule has 0 unspecified atom stereocenters. The molecule has 1 heterocycles. The number of aryl methyl sites for hydroxylation is 1. The van der Waals surface area contributed by atoms with Crippen LogP contribution in [0.1, 0.15) is 21.5 Å². The predicted octanol–water partition coefficient (Wildman–Crippen LogP) is 2.62. The quantitative estimate of drug-likeness (QED) is 0.436. The molecule has 3 aromatic rings. The summed E-state index contributed by atoms with van der Waals surface area (Å²) in [5.74, 6) is -1.04.